The van der Waals surface area contributed by atoms with Crippen LogP contribution in [0.1, 0.15) is 5.56 Å². The first-order chi connectivity index (χ1) is 10.5. The summed E-state index contributed by atoms with van der Waals surface area (Å²) in [4.78, 5) is 0. The van der Waals surface area contributed by atoms with Crippen molar-refractivity contribution in [1.82, 2.24) is 0 Å². The minimum Gasteiger partial charge on any atom is -0.166 e. The van der Waals surface area contributed by atoms with Crippen molar-refractivity contribution in [2.75, 3.05) is 0 Å². The van der Waals surface area contributed by atoms with Crippen LogP contribution in [0.4, 0.5) is 13.2 Å². The Kier molecular flexibility index (Phi) is 3.98. The second kappa shape index (κ2) is 5.78. The van der Waals surface area contributed by atoms with Gasteiger partial charge in [0.1, 0.15) is 0 Å². The predicted octanol–water partition coefficient (Wildman–Crippen LogP) is 6.75. The van der Waals surface area contributed by atoms with E-state index in [0.29, 0.717) is 5.02 Å². The van der Waals surface area contributed by atoms with Crippen molar-refractivity contribution in [2.24, 2.45) is 0 Å². The molecule has 0 bridgehead atoms. The van der Waals surface area contributed by atoms with E-state index in [4.69, 9.17) is 11.6 Å². The maximum absolute atomic E-state index is 12.6. The zero-order valence-electron chi connectivity index (χ0n) is 11.2. The number of hydrogen-bond donors (Lipinski definition) is 0. The van der Waals surface area contributed by atoms with Crippen LogP contribution in [0.25, 0.3) is 22.3 Å². The highest BCUT2D eigenvalue weighted by atomic mass is 35.5. The molecule has 112 valence electrons. The van der Waals surface area contributed by atoms with Gasteiger partial charge in [0, 0.05) is 21.7 Å². The molecule has 0 aliphatic rings. The van der Waals surface area contributed by atoms with Gasteiger partial charge < -0.3 is 0 Å². The van der Waals surface area contributed by atoms with Crippen molar-refractivity contribution in [2.45, 2.75) is 6.18 Å². The molecule has 0 aliphatic heterocycles. The summed E-state index contributed by atoms with van der Waals surface area (Å²) in [6, 6.07) is 12.6. The van der Waals surface area contributed by atoms with Gasteiger partial charge in [-0.25, -0.2) is 0 Å². The Morgan fingerprint density at radius 2 is 1.41 bits per heavy atom. The second-order valence-corrected chi connectivity index (χ2v) is 5.90. The molecule has 3 aromatic rings. The molecule has 3 rings (SSSR count). The van der Waals surface area contributed by atoms with Gasteiger partial charge in [0.25, 0.3) is 0 Å². The molecule has 0 saturated heterocycles. The van der Waals surface area contributed by atoms with E-state index in [2.05, 4.69) is 0 Å². The van der Waals surface area contributed by atoms with Crippen LogP contribution in [0.3, 0.4) is 0 Å². The largest absolute Gasteiger partial charge is 0.416 e. The van der Waals surface area contributed by atoms with Gasteiger partial charge in [-0.05, 0) is 34.5 Å². The van der Waals surface area contributed by atoms with E-state index in [0.717, 1.165) is 34.4 Å². The van der Waals surface area contributed by atoms with Crippen molar-refractivity contribution in [3.63, 3.8) is 0 Å². The van der Waals surface area contributed by atoms with E-state index >= 15 is 0 Å². The molecule has 2 aromatic carbocycles. The summed E-state index contributed by atoms with van der Waals surface area (Å²) < 4.78 is 37.9. The number of thiophene rings is 1. The Balaban J connectivity index is 2.04. The van der Waals surface area contributed by atoms with E-state index in [1.54, 1.807) is 6.07 Å². The molecule has 22 heavy (non-hydrogen) atoms. The van der Waals surface area contributed by atoms with Gasteiger partial charge in [-0.2, -0.15) is 24.5 Å². The Bertz CT molecular complexity index is 788. The first kappa shape index (κ1) is 15.1. The zero-order valence-corrected chi connectivity index (χ0v) is 12.8. The molecule has 0 N–H and O–H groups in total. The first-order valence-corrected chi connectivity index (χ1v) is 7.77. The minimum atomic E-state index is -4.32. The summed E-state index contributed by atoms with van der Waals surface area (Å²) in [5.74, 6) is 0. The van der Waals surface area contributed by atoms with Crippen LogP contribution in [0, 0.1) is 0 Å². The van der Waals surface area contributed by atoms with Crippen LogP contribution in [0.2, 0.25) is 5.02 Å². The van der Waals surface area contributed by atoms with Crippen molar-refractivity contribution >= 4 is 22.9 Å². The Morgan fingerprint density at radius 3 is 2.05 bits per heavy atom. The lowest BCUT2D eigenvalue weighted by Crippen LogP contribution is -2.03. The summed E-state index contributed by atoms with van der Waals surface area (Å²) in [6.07, 6.45) is -4.32. The van der Waals surface area contributed by atoms with Gasteiger partial charge in [-0.1, -0.05) is 41.9 Å². The molecule has 0 amide bonds. The lowest BCUT2D eigenvalue weighted by Gasteiger charge is -2.09. The molecule has 5 heteroatoms. The molecular weight excluding hydrogens is 329 g/mol. The van der Waals surface area contributed by atoms with Gasteiger partial charge in [0.05, 0.1) is 5.56 Å². The maximum Gasteiger partial charge on any atom is 0.416 e. The highest BCUT2D eigenvalue weighted by Crippen LogP contribution is 2.39. The number of rotatable bonds is 2. The van der Waals surface area contributed by atoms with E-state index in [1.165, 1.54) is 23.5 Å². The molecule has 1 aromatic heterocycles. The summed E-state index contributed by atoms with van der Waals surface area (Å²) in [5, 5.41) is 4.49. The van der Waals surface area contributed by atoms with E-state index < -0.39 is 11.7 Å². The van der Waals surface area contributed by atoms with Crippen molar-refractivity contribution in [3.05, 3.63) is 69.9 Å². The van der Waals surface area contributed by atoms with Gasteiger partial charge in [-0.15, -0.1) is 0 Å². The number of benzene rings is 2. The second-order valence-electron chi connectivity index (χ2n) is 4.75. The number of alkyl halides is 3. The van der Waals surface area contributed by atoms with Crippen molar-refractivity contribution < 1.29 is 13.2 Å². The first-order valence-electron chi connectivity index (χ1n) is 6.45. The standard InChI is InChI=1S/C17H10ClF3S/c18-16-4-2-1-3-13(16)15-10-22-9-14(15)11-5-7-12(8-6-11)17(19,20)21/h1-10H. The molecule has 0 unspecified atom stereocenters. The molecule has 0 radical (unpaired) electrons. The molecule has 0 aliphatic carbocycles. The Hall–Kier alpha value is -1.78. The topological polar surface area (TPSA) is 0 Å². The Labute approximate surface area is 134 Å². The predicted molar refractivity (Wildman–Crippen MR) is 85.2 cm³/mol. The molecule has 0 nitrogen and oxygen atoms in total. The summed E-state index contributed by atoms with van der Waals surface area (Å²) in [6.45, 7) is 0. The quantitative estimate of drug-likeness (QED) is 0.484. The van der Waals surface area contributed by atoms with E-state index in [9.17, 15) is 13.2 Å². The van der Waals surface area contributed by atoms with Crippen LogP contribution in [-0.2, 0) is 6.18 Å². The molecule has 0 saturated carbocycles. The van der Waals surface area contributed by atoms with Crippen LogP contribution in [0.15, 0.2) is 59.3 Å². The molecule has 0 atom stereocenters. The van der Waals surface area contributed by atoms with Gasteiger partial charge in [-0.3, -0.25) is 0 Å². The van der Waals surface area contributed by atoms with E-state index in [-0.39, 0.29) is 0 Å². The van der Waals surface area contributed by atoms with Crippen LogP contribution < -0.4 is 0 Å². The van der Waals surface area contributed by atoms with Crippen molar-refractivity contribution in [3.8, 4) is 22.3 Å². The lowest BCUT2D eigenvalue weighted by atomic mass is 9.98. The van der Waals surface area contributed by atoms with Crippen LogP contribution >= 0.6 is 22.9 Å². The fraction of sp³-hybridized carbons (Fsp3) is 0.0588. The lowest BCUT2D eigenvalue weighted by molar-refractivity contribution is -0.137. The van der Waals surface area contributed by atoms with Gasteiger partial charge >= 0.3 is 6.18 Å². The molecule has 0 spiro atoms. The third-order valence-corrected chi connectivity index (χ3v) is 4.42. The zero-order chi connectivity index (χ0) is 15.7. The number of halogens is 4. The molecule has 0 fully saturated rings. The fourth-order valence-electron chi connectivity index (χ4n) is 2.25. The third kappa shape index (κ3) is 2.89. The molecule has 1 heterocycles. The smallest absolute Gasteiger partial charge is 0.166 e. The summed E-state index contributed by atoms with van der Waals surface area (Å²) in [5.41, 5.74) is 2.78. The fourth-order valence-corrected chi connectivity index (χ4v) is 3.34. The number of hydrogen-bond acceptors (Lipinski definition) is 1. The maximum atomic E-state index is 12.6. The third-order valence-electron chi connectivity index (χ3n) is 3.35. The minimum absolute atomic E-state index is 0.620. The average molecular weight is 339 g/mol. The van der Waals surface area contributed by atoms with Crippen LogP contribution in [0.5, 0.6) is 0 Å². The highest BCUT2D eigenvalue weighted by molar-refractivity contribution is 7.08. The monoisotopic (exact) mass is 338 g/mol. The normalized spacial score (nSPS) is 11.6. The Morgan fingerprint density at radius 1 is 0.773 bits per heavy atom. The molecular formula is C17H10ClF3S. The van der Waals surface area contributed by atoms with Crippen molar-refractivity contribution in [1.29, 1.82) is 0 Å². The van der Waals surface area contributed by atoms with Gasteiger partial charge in [0.2, 0.25) is 0 Å². The SMILES string of the molecule is FC(F)(F)c1ccc(-c2cscc2-c2ccccc2Cl)cc1. The van der Waals surface area contributed by atoms with E-state index in [1.807, 2.05) is 29.0 Å². The highest BCUT2D eigenvalue weighted by Gasteiger charge is 2.30. The van der Waals surface area contributed by atoms with Crippen LogP contribution in [-0.4, -0.2) is 0 Å². The summed E-state index contributed by atoms with van der Waals surface area (Å²) >= 11 is 7.71. The average Bonchev–Trinajstić information content (AvgIpc) is 2.96. The summed E-state index contributed by atoms with van der Waals surface area (Å²) in [7, 11) is 0. The van der Waals surface area contributed by atoms with Gasteiger partial charge in [0.15, 0.2) is 0 Å².